The molecule has 2 rings (SSSR count). The van der Waals surface area contributed by atoms with E-state index >= 15 is 0 Å². The molecule has 0 saturated carbocycles. The third-order valence-electron chi connectivity index (χ3n) is 2.95. The highest BCUT2D eigenvalue weighted by Gasteiger charge is 2.31. The molecule has 0 unspecified atom stereocenters. The highest BCUT2D eigenvalue weighted by Crippen LogP contribution is 2.16. The molecule has 2 N–H and O–H groups in total. The molecule has 0 aliphatic carbocycles. The predicted octanol–water partition coefficient (Wildman–Crippen LogP) is -0.150. The van der Waals surface area contributed by atoms with E-state index in [4.69, 9.17) is 5.11 Å². The number of aromatic carboxylic acids is 1. The van der Waals surface area contributed by atoms with Gasteiger partial charge in [-0.15, -0.1) is 0 Å². The van der Waals surface area contributed by atoms with E-state index in [1.807, 2.05) is 0 Å². The minimum absolute atomic E-state index is 0.0463. The Balaban J connectivity index is 2.23. The zero-order valence-corrected chi connectivity index (χ0v) is 11.9. The summed E-state index contributed by atoms with van der Waals surface area (Å²) in [6.07, 6.45) is 0.222. The molecular formula is C11H13NO6S2. The summed E-state index contributed by atoms with van der Waals surface area (Å²) < 4.78 is 49.0. The Kier molecular flexibility index (Phi) is 3.85. The molecule has 7 nitrogen and oxygen atoms in total. The van der Waals surface area contributed by atoms with E-state index in [1.54, 1.807) is 0 Å². The van der Waals surface area contributed by atoms with Gasteiger partial charge in [0, 0.05) is 6.04 Å². The lowest BCUT2D eigenvalue weighted by Crippen LogP contribution is -2.35. The number of carboxylic acid groups (broad SMARTS) is 1. The minimum atomic E-state index is -3.93. The van der Waals surface area contributed by atoms with Crippen LogP contribution in [0.3, 0.4) is 0 Å². The van der Waals surface area contributed by atoms with Crippen molar-refractivity contribution in [1.82, 2.24) is 4.72 Å². The van der Waals surface area contributed by atoms with Crippen LogP contribution in [0.1, 0.15) is 16.8 Å². The van der Waals surface area contributed by atoms with Crippen LogP contribution in [-0.2, 0) is 19.9 Å². The maximum absolute atomic E-state index is 12.1. The number of carboxylic acids is 1. The molecule has 9 heteroatoms. The van der Waals surface area contributed by atoms with Crippen LogP contribution >= 0.6 is 0 Å². The number of rotatable bonds is 4. The quantitative estimate of drug-likeness (QED) is 0.797. The number of carbonyl (C=O) groups is 1. The fourth-order valence-electron chi connectivity index (χ4n) is 1.97. The van der Waals surface area contributed by atoms with Gasteiger partial charge in [-0.3, -0.25) is 0 Å². The zero-order chi connectivity index (χ0) is 15.0. The van der Waals surface area contributed by atoms with Crippen molar-refractivity contribution in [3.05, 3.63) is 29.8 Å². The molecule has 1 aromatic rings. The fraction of sp³-hybridized carbons (Fsp3) is 0.364. The van der Waals surface area contributed by atoms with Crippen LogP contribution < -0.4 is 4.72 Å². The summed E-state index contributed by atoms with van der Waals surface area (Å²) in [5.74, 6) is -1.51. The Labute approximate surface area is 116 Å². The Morgan fingerprint density at radius 1 is 1.35 bits per heavy atom. The summed E-state index contributed by atoms with van der Waals surface area (Å²) in [6.45, 7) is 0. The average molecular weight is 319 g/mol. The Morgan fingerprint density at radius 2 is 2.05 bits per heavy atom. The molecule has 1 fully saturated rings. The molecule has 0 spiro atoms. The summed E-state index contributed by atoms with van der Waals surface area (Å²) in [5, 5.41) is 8.83. The van der Waals surface area contributed by atoms with Crippen molar-refractivity contribution in [2.45, 2.75) is 17.4 Å². The molecule has 1 atom stereocenters. The molecule has 1 aliphatic rings. The van der Waals surface area contributed by atoms with Crippen LogP contribution in [-0.4, -0.2) is 45.5 Å². The van der Waals surface area contributed by atoms with Crippen LogP contribution in [0.4, 0.5) is 0 Å². The summed E-state index contributed by atoms with van der Waals surface area (Å²) >= 11 is 0. The topological polar surface area (TPSA) is 118 Å². The van der Waals surface area contributed by atoms with Gasteiger partial charge in [0.25, 0.3) is 0 Å². The van der Waals surface area contributed by atoms with Crippen LogP contribution in [0, 0.1) is 0 Å². The maximum Gasteiger partial charge on any atom is 0.335 e. The Morgan fingerprint density at radius 3 is 2.60 bits per heavy atom. The van der Waals surface area contributed by atoms with E-state index in [9.17, 15) is 21.6 Å². The zero-order valence-electron chi connectivity index (χ0n) is 10.3. The summed E-state index contributed by atoms with van der Waals surface area (Å²) in [5.41, 5.74) is -0.146. The van der Waals surface area contributed by atoms with Crippen LogP contribution in [0.25, 0.3) is 0 Å². The first-order valence-corrected chi connectivity index (χ1v) is 9.06. The fourth-order valence-corrected chi connectivity index (χ4v) is 5.07. The highest BCUT2D eigenvalue weighted by molar-refractivity contribution is 7.92. The monoisotopic (exact) mass is 319 g/mol. The molecule has 20 heavy (non-hydrogen) atoms. The summed E-state index contributed by atoms with van der Waals surface area (Å²) in [7, 11) is -7.12. The van der Waals surface area contributed by atoms with Gasteiger partial charge in [0.2, 0.25) is 10.0 Å². The molecule has 0 bridgehead atoms. The Bertz CT molecular complexity index is 738. The van der Waals surface area contributed by atoms with Crippen molar-refractivity contribution in [1.29, 1.82) is 0 Å². The number of nitrogens with one attached hydrogen (secondary N) is 1. The third kappa shape index (κ3) is 3.35. The molecule has 0 aromatic heterocycles. The normalized spacial score (nSPS) is 21.7. The molecule has 1 aliphatic heterocycles. The van der Waals surface area contributed by atoms with Gasteiger partial charge in [0.05, 0.1) is 22.0 Å². The molecular weight excluding hydrogens is 306 g/mol. The lowest BCUT2D eigenvalue weighted by molar-refractivity contribution is 0.0696. The summed E-state index contributed by atoms with van der Waals surface area (Å²) in [6, 6.07) is 4.23. The molecule has 1 heterocycles. The molecule has 0 radical (unpaired) electrons. The van der Waals surface area contributed by atoms with Crippen molar-refractivity contribution in [2.75, 3.05) is 11.5 Å². The van der Waals surface area contributed by atoms with E-state index in [-0.39, 0.29) is 28.4 Å². The second-order valence-corrected chi connectivity index (χ2v) is 8.50. The van der Waals surface area contributed by atoms with Gasteiger partial charge < -0.3 is 5.11 Å². The molecule has 1 aromatic carbocycles. The van der Waals surface area contributed by atoms with Crippen LogP contribution in [0.5, 0.6) is 0 Å². The van der Waals surface area contributed by atoms with E-state index in [0.717, 1.165) is 6.07 Å². The minimum Gasteiger partial charge on any atom is -0.478 e. The first-order valence-electron chi connectivity index (χ1n) is 5.76. The lowest BCUT2D eigenvalue weighted by Gasteiger charge is -2.11. The van der Waals surface area contributed by atoms with Gasteiger partial charge >= 0.3 is 5.97 Å². The first-order chi connectivity index (χ1) is 9.20. The number of benzene rings is 1. The second kappa shape index (κ2) is 5.15. The highest BCUT2D eigenvalue weighted by atomic mass is 32.2. The number of sulfone groups is 1. The van der Waals surface area contributed by atoms with Crippen molar-refractivity contribution >= 4 is 25.8 Å². The van der Waals surface area contributed by atoms with Gasteiger partial charge in [-0.2, -0.15) is 0 Å². The standard InChI is InChI=1S/C11H13NO6S2/c13-11(14)8-2-1-3-10(6-8)20(17,18)12-9-4-5-19(15,16)7-9/h1-3,6,9,12H,4-5,7H2,(H,13,14)/t9-/m1/s1. The number of hydrogen-bond acceptors (Lipinski definition) is 5. The van der Waals surface area contributed by atoms with Crippen molar-refractivity contribution < 1.29 is 26.7 Å². The predicted molar refractivity (Wildman–Crippen MR) is 70.8 cm³/mol. The molecule has 110 valence electrons. The number of hydrogen-bond donors (Lipinski definition) is 2. The molecule has 1 saturated heterocycles. The summed E-state index contributed by atoms with van der Waals surface area (Å²) in [4.78, 5) is 10.6. The van der Waals surface area contributed by atoms with Gasteiger partial charge in [0.1, 0.15) is 0 Å². The van der Waals surface area contributed by atoms with E-state index < -0.39 is 31.9 Å². The van der Waals surface area contributed by atoms with Crippen LogP contribution in [0.2, 0.25) is 0 Å². The number of sulfonamides is 1. The molecule has 0 amide bonds. The smallest absolute Gasteiger partial charge is 0.335 e. The Hall–Kier alpha value is -1.45. The SMILES string of the molecule is O=C(O)c1cccc(S(=O)(=O)N[C@@H]2CCS(=O)(=O)C2)c1. The lowest BCUT2D eigenvalue weighted by atomic mass is 10.2. The van der Waals surface area contributed by atoms with Crippen LogP contribution in [0.15, 0.2) is 29.2 Å². The average Bonchev–Trinajstić information content (AvgIpc) is 2.68. The van der Waals surface area contributed by atoms with Crippen molar-refractivity contribution in [3.63, 3.8) is 0 Å². The van der Waals surface area contributed by atoms with Gasteiger partial charge in [0.15, 0.2) is 9.84 Å². The maximum atomic E-state index is 12.1. The van der Waals surface area contributed by atoms with Gasteiger partial charge in [-0.1, -0.05) is 6.07 Å². The van der Waals surface area contributed by atoms with Crippen molar-refractivity contribution in [3.8, 4) is 0 Å². The largest absolute Gasteiger partial charge is 0.478 e. The third-order valence-corrected chi connectivity index (χ3v) is 6.23. The first kappa shape index (κ1) is 14.9. The van der Waals surface area contributed by atoms with Gasteiger partial charge in [-0.05, 0) is 24.6 Å². The van der Waals surface area contributed by atoms with E-state index in [0.29, 0.717) is 0 Å². The van der Waals surface area contributed by atoms with E-state index in [2.05, 4.69) is 4.72 Å². The van der Waals surface area contributed by atoms with E-state index in [1.165, 1.54) is 18.2 Å². The van der Waals surface area contributed by atoms with Crippen molar-refractivity contribution in [2.24, 2.45) is 0 Å². The van der Waals surface area contributed by atoms with Gasteiger partial charge in [-0.25, -0.2) is 26.4 Å². The second-order valence-electron chi connectivity index (χ2n) is 4.55.